The van der Waals surface area contributed by atoms with E-state index in [1.807, 2.05) is 30.3 Å². The van der Waals surface area contributed by atoms with Crippen LogP contribution in [0.5, 0.6) is 0 Å². The van der Waals surface area contributed by atoms with Gasteiger partial charge in [0, 0.05) is 6.54 Å². The summed E-state index contributed by atoms with van der Waals surface area (Å²) in [5.74, 6) is 0.327. The summed E-state index contributed by atoms with van der Waals surface area (Å²) in [7, 11) is 0. The smallest absolute Gasteiger partial charge is 0.230 e. The number of nitrogens with zero attached hydrogens (tertiary/aromatic N) is 4. The number of amides is 1. The first-order valence-electron chi connectivity index (χ1n) is 7.64. The van der Waals surface area contributed by atoms with Crippen molar-refractivity contribution >= 4 is 17.7 Å². The standard InChI is InChI=1S/C16H23N5OS/c1-16(2,3)9-10-17-14(22)12-23-15-18-19-20-21(15)11-13-7-5-4-6-8-13/h4-8H,9-12H2,1-3H3,(H,17,22). The lowest BCUT2D eigenvalue weighted by molar-refractivity contribution is -0.118. The molecule has 0 fully saturated rings. The molecular weight excluding hydrogens is 310 g/mol. The third kappa shape index (κ3) is 6.40. The summed E-state index contributed by atoms with van der Waals surface area (Å²) >= 11 is 1.35. The molecule has 0 radical (unpaired) electrons. The summed E-state index contributed by atoms with van der Waals surface area (Å²) in [6.45, 7) is 7.77. The molecule has 7 heteroatoms. The van der Waals surface area contributed by atoms with Crippen LogP contribution in [0.3, 0.4) is 0 Å². The molecule has 1 heterocycles. The molecule has 0 unspecified atom stereocenters. The van der Waals surface area contributed by atoms with E-state index in [1.54, 1.807) is 4.68 Å². The maximum atomic E-state index is 11.9. The lowest BCUT2D eigenvalue weighted by atomic mass is 9.92. The van der Waals surface area contributed by atoms with Crippen LogP contribution < -0.4 is 5.32 Å². The van der Waals surface area contributed by atoms with Crippen molar-refractivity contribution < 1.29 is 4.79 Å². The summed E-state index contributed by atoms with van der Waals surface area (Å²) in [4.78, 5) is 11.9. The molecule has 0 aliphatic heterocycles. The number of carbonyl (C=O) groups is 1. The zero-order valence-corrected chi connectivity index (χ0v) is 14.6. The highest BCUT2D eigenvalue weighted by molar-refractivity contribution is 7.99. The number of hydrogen-bond acceptors (Lipinski definition) is 5. The Kier molecular flexibility index (Phi) is 6.15. The molecule has 0 bridgehead atoms. The fourth-order valence-electron chi connectivity index (χ4n) is 1.91. The van der Waals surface area contributed by atoms with Crippen molar-refractivity contribution in [3.63, 3.8) is 0 Å². The summed E-state index contributed by atoms with van der Waals surface area (Å²) in [6.07, 6.45) is 0.954. The first-order chi connectivity index (χ1) is 10.9. The first-order valence-corrected chi connectivity index (χ1v) is 8.62. The van der Waals surface area contributed by atoms with Crippen molar-refractivity contribution in [2.45, 2.75) is 38.9 Å². The number of hydrogen-bond donors (Lipinski definition) is 1. The monoisotopic (exact) mass is 333 g/mol. The van der Waals surface area contributed by atoms with E-state index in [0.29, 0.717) is 24.0 Å². The molecule has 2 aromatic rings. The van der Waals surface area contributed by atoms with Gasteiger partial charge in [0.15, 0.2) is 0 Å². The van der Waals surface area contributed by atoms with Gasteiger partial charge in [0.05, 0.1) is 12.3 Å². The van der Waals surface area contributed by atoms with E-state index in [4.69, 9.17) is 0 Å². The molecule has 0 spiro atoms. The summed E-state index contributed by atoms with van der Waals surface area (Å²) in [6, 6.07) is 9.98. The molecule has 0 saturated carbocycles. The van der Waals surface area contributed by atoms with E-state index in [-0.39, 0.29) is 11.3 Å². The molecule has 1 aromatic carbocycles. The Labute approximate surface area is 141 Å². The molecule has 0 aliphatic rings. The Hall–Kier alpha value is -1.89. The lowest BCUT2D eigenvalue weighted by Gasteiger charge is -2.17. The number of tetrazole rings is 1. The molecule has 0 atom stereocenters. The predicted molar refractivity (Wildman–Crippen MR) is 91.2 cm³/mol. The van der Waals surface area contributed by atoms with Gasteiger partial charge in [-0.1, -0.05) is 62.9 Å². The Balaban J connectivity index is 1.80. The Morgan fingerprint density at radius 3 is 2.70 bits per heavy atom. The van der Waals surface area contributed by atoms with Gasteiger partial charge >= 0.3 is 0 Å². The van der Waals surface area contributed by atoms with Gasteiger partial charge in [-0.05, 0) is 27.8 Å². The Morgan fingerprint density at radius 1 is 1.26 bits per heavy atom. The van der Waals surface area contributed by atoms with E-state index in [0.717, 1.165) is 12.0 Å². The number of rotatable bonds is 7. The predicted octanol–water partition coefficient (Wildman–Crippen LogP) is 2.37. The second-order valence-corrected chi connectivity index (χ2v) is 7.50. The number of nitrogens with one attached hydrogen (secondary N) is 1. The molecule has 0 saturated heterocycles. The van der Waals surface area contributed by atoms with Gasteiger partial charge in [-0.25, -0.2) is 4.68 Å². The first kappa shape index (κ1) is 17.5. The third-order valence-electron chi connectivity index (χ3n) is 3.20. The molecule has 124 valence electrons. The minimum Gasteiger partial charge on any atom is -0.355 e. The van der Waals surface area contributed by atoms with E-state index >= 15 is 0 Å². The highest BCUT2D eigenvalue weighted by atomic mass is 32.2. The van der Waals surface area contributed by atoms with Gasteiger partial charge in [0.1, 0.15) is 0 Å². The second kappa shape index (κ2) is 8.10. The molecule has 2 rings (SSSR count). The van der Waals surface area contributed by atoms with Crippen molar-refractivity contribution in [1.29, 1.82) is 0 Å². The average Bonchev–Trinajstić information content (AvgIpc) is 2.92. The largest absolute Gasteiger partial charge is 0.355 e. The minimum absolute atomic E-state index is 0.00788. The van der Waals surface area contributed by atoms with E-state index in [1.165, 1.54) is 11.8 Å². The van der Waals surface area contributed by atoms with Crippen LogP contribution in [-0.2, 0) is 11.3 Å². The maximum Gasteiger partial charge on any atom is 0.230 e. The number of aromatic nitrogens is 4. The van der Waals surface area contributed by atoms with Crippen molar-refractivity contribution in [1.82, 2.24) is 25.5 Å². The second-order valence-electron chi connectivity index (χ2n) is 6.55. The quantitative estimate of drug-likeness (QED) is 0.788. The molecule has 1 N–H and O–H groups in total. The molecule has 23 heavy (non-hydrogen) atoms. The highest BCUT2D eigenvalue weighted by Crippen LogP contribution is 2.17. The van der Waals surface area contributed by atoms with E-state index in [2.05, 4.69) is 41.6 Å². The van der Waals surface area contributed by atoms with Crippen LogP contribution in [0.15, 0.2) is 35.5 Å². The molecule has 1 amide bonds. The third-order valence-corrected chi connectivity index (χ3v) is 4.16. The minimum atomic E-state index is 0.00788. The summed E-state index contributed by atoms with van der Waals surface area (Å²) in [5.41, 5.74) is 1.34. The highest BCUT2D eigenvalue weighted by Gasteiger charge is 2.12. The van der Waals surface area contributed by atoms with Gasteiger partial charge in [0.25, 0.3) is 0 Å². The van der Waals surface area contributed by atoms with E-state index in [9.17, 15) is 4.79 Å². The van der Waals surface area contributed by atoms with Crippen LogP contribution in [0.4, 0.5) is 0 Å². The van der Waals surface area contributed by atoms with Crippen LogP contribution in [0.1, 0.15) is 32.8 Å². The van der Waals surface area contributed by atoms with E-state index < -0.39 is 0 Å². The molecule has 0 aliphatic carbocycles. The number of carbonyl (C=O) groups excluding carboxylic acids is 1. The van der Waals surface area contributed by atoms with Crippen molar-refractivity contribution in [3.8, 4) is 0 Å². The fraction of sp³-hybridized carbons (Fsp3) is 0.500. The van der Waals surface area contributed by atoms with Crippen LogP contribution >= 0.6 is 11.8 Å². The van der Waals surface area contributed by atoms with Crippen LogP contribution in [0, 0.1) is 5.41 Å². The van der Waals surface area contributed by atoms with Gasteiger partial charge in [-0.15, -0.1) is 5.10 Å². The zero-order valence-electron chi connectivity index (χ0n) is 13.8. The Morgan fingerprint density at radius 2 is 2.00 bits per heavy atom. The zero-order chi connectivity index (χ0) is 16.7. The normalized spacial score (nSPS) is 11.4. The average molecular weight is 333 g/mol. The van der Waals surface area contributed by atoms with Crippen LogP contribution in [0.2, 0.25) is 0 Å². The fourth-order valence-corrected chi connectivity index (χ4v) is 2.62. The summed E-state index contributed by atoms with van der Waals surface area (Å²) < 4.78 is 1.71. The van der Waals surface area contributed by atoms with Gasteiger partial charge < -0.3 is 5.32 Å². The van der Waals surface area contributed by atoms with Crippen molar-refractivity contribution in [2.75, 3.05) is 12.3 Å². The van der Waals surface area contributed by atoms with Gasteiger partial charge in [0.2, 0.25) is 11.1 Å². The maximum absolute atomic E-state index is 11.9. The van der Waals surface area contributed by atoms with Crippen molar-refractivity contribution in [3.05, 3.63) is 35.9 Å². The van der Waals surface area contributed by atoms with Crippen LogP contribution in [-0.4, -0.2) is 38.4 Å². The summed E-state index contributed by atoms with van der Waals surface area (Å²) in [5, 5.41) is 15.3. The number of benzene rings is 1. The molecule has 1 aromatic heterocycles. The van der Waals surface area contributed by atoms with Crippen LogP contribution in [0.25, 0.3) is 0 Å². The topological polar surface area (TPSA) is 72.7 Å². The SMILES string of the molecule is CC(C)(C)CCNC(=O)CSc1nnnn1Cc1ccccc1. The molecule has 6 nitrogen and oxygen atoms in total. The van der Waals surface area contributed by atoms with Gasteiger partial charge in [-0.2, -0.15) is 0 Å². The Bertz CT molecular complexity index is 621. The molecular formula is C16H23N5OS. The lowest BCUT2D eigenvalue weighted by Crippen LogP contribution is -2.28. The van der Waals surface area contributed by atoms with Crippen molar-refractivity contribution in [2.24, 2.45) is 5.41 Å². The van der Waals surface area contributed by atoms with Gasteiger partial charge in [-0.3, -0.25) is 4.79 Å². The number of thioether (sulfide) groups is 1.